The van der Waals surface area contributed by atoms with E-state index in [0.717, 1.165) is 0 Å². The maximum absolute atomic E-state index is 16.2. The van der Waals surface area contributed by atoms with Gasteiger partial charge in [-0.3, -0.25) is 4.79 Å². The second-order valence-corrected chi connectivity index (χ2v) is 15.6. The third-order valence-electron chi connectivity index (χ3n) is 11.4. The Balaban J connectivity index is 1.64. The number of nitrogens with one attached hydrogen (secondary N) is 2. The van der Waals surface area contributed by atoms with Crippen molar-refractivity contribution in [1.82, 2.24) is 19.9 Å². The minimum absolute atomic E-state index is 0.452. The number of ether oxygens (including phenoxy) is 1. The fourth-order valence-corrected chi connectivity index (χ4v) is 8.20. The minimum atomic E-state index is -2.78. The Morgan fingerprint density at radius 3 is 0.959 bits per heavy atom. The summed E-state index contributed by atoms with van der Waals surface area (Å²) in [6, 6.07) is 2.31. The zero-order valence-corrected chi connectivity index (χ0v) is 35.7. The molecule has 380 valence electrons. The molecule has 3 aromatic heterocycles. The third kappa shape index (κ3) is 7.54. The van der Waals surface area contributed by atoms with Gasteiger partial charge in [0.05, 0.1) is 58.1 Å². The number of carbonyl (C=O) groups is 1. The first-order valence-corrected chi connectivity index (χ1v) is 20.3. The van der Waals surface area contributed by atoms with Gasteiger partial charge in [0.2, 0.25) is 23.3 Å². The maximum atomic E-state index is 16.2. The molecule has 2 aliphatic rings. The summed E-state index contributed by atoms with van der Waals surface area (Å²) in [7, 11) is 0. The first-order chi connectivity index (χ1) is 34.9. The van der Waals surface area contributed by atoms with Gasteiger partial charge >= 0.3 is 5.97 Å². The lowest BCUT2D eigenvalue weighted by Gasteiger charge is -2.13. The fraction of sp³-hybridized carbons (Fsp3) is 0.0625. The summed E-state index contributed by atoms with van der Waals surface area (Å²) < 4.78 is 313. The maximum Gasteiger partial charge on any atom is 0.310 e. The van der Waals surface area contributed by atoms with Crippen LogP contribution >= 0.6 is 0 Å². The van der Waals surface area contributed by atoms with Crippen molar-refractivity contribution in [3.63, 3.8) is 0 Å². The molecule has 6 nitrogen and oxygen atoms in total. The molecule has 2 aliphatic heterocycles. The second kappa shape index (κ2) is 18.2. The Morgan fingerprint density at radius 1 is 0.378 bits per heavy atom. The lowest BCUT2D eigenvalue weighted by molar-refractivity contribution is -0.141. The topological polar surface area (TPSA) is 83.7 Å². The van der Waals surface area contributed by atoms with Gasteiger partial charge in [0.25, 0.3) is 0 Å². The summed E-state index contributed by atoms with van der Waals surface area (Å²) in [4.78, 5) is 25.6. The number of H-pyrrole nitrogens is 2. The van der Waals surface area contributed by atoms with E-state index in [9.17, 15) is 22.4 Å². The number of hydrogen-bond acceptors (Lipinski definition) is 4. The van der Waals surface area contributed by atoms with Gasteiger partial charge in [0, 0.05) is 44.3 Å². The van der Waals surface area contributed by atoms with Crippen LogP contribution in [-0.2, 0) is 9.53 Å². The predicted molar refractivity (Wildman–Crippen MR) is 220 cm³/mol. The van der Waals surface area contributed by atoms with Crippen molar-refractivity contribution >= 4 is 51.8 Å². The Kier molecular flexibility index (Phi) is 12.4. The molecule has 0 radical (unpaired) electrons. The van der Waals surface area contributed by atoms with Crippen molar-refractivity contribution in [3.05, 3.63) is 163 Å². The number of fused-ring (bicyclic) bond motifs is 8. The number of hydrogen-bond donors (Lipinski definition) is 2. The number of rotatable bonds is 7. The first kappa shape index (κ1) is 50.5. The predicted octanol–water partition coefficient (Wildman–Crippen LogP) is 14.4. The van der Waals surface area contributed by atoms with E-state index in [2.05, 4.69) is 19.9 Å². The van der Waals surface area contributed by atoms with Crippen LogP contribution in [0.25, 0.3) is 90.4 Å². The van der Waals surface area contributed by atoms with Crippen LogP contribution in [0.15, 0.2) is 24.3 Å². The Bertz CT molecular complexity index is 3820. The van der Waals surface area contributed by atoms with Gasteiger partial charge in [-0.1, -0.05) is 0 Å². The van der Waals surface area contributed by atoms with Gasteiger partial charge in [-0.05, 0) is 55.0 Å². The highest BCUT2D eigenvalue weighted by atomic mass is 19.2. The normalized spacial score (nSPS) is 12.3. The van der Waals surface area contributed by atoms with E-state index in [1.54, 1.807) is 0 Å². The number of aromatic nitrogens is 4. The fourth-order valence-electron chi connectivity index (χ4n) is 8.20. The summed E-state index contributed by atoms with van der Waals surface area (Å²) in [6.07, 6.45) is 0.410. The smallest absolute Gasteiger partial charge is 0.310 e. The number of carbonyl (C=O) groups excluding carboxylic acids is 1. The van der Waals surface area contributed by atoms with Crippen LogP contribution in [0.4, 0.5) is 87.8 Å². The highest BCUT2D eigenvalue weighted by molar-refractivity contribution is 6.05. The lowest BCUT2D eigenvalue weighted by atomic mass is 9.96. The van der Waals surface area contributed by atoms with Crippen LogP contribution in [0.3, 0.4) is 0 Å². The zero-order valence-electron chi connectivity index (χ0n) is 35.7. The molecule has 74 heavy (non-hydrogen) atoms. The van der Waals surface area contributed by atoms with Crippen molar-refractivity contribution in [2.24, 2.45) is 0 Å². The summed E-state index contributed by atoms with van der Waals surface area (Å²) in [6.45, 7) is 0.789. The third-order valence-corrected chi connectivity index (χ3v) is 11.4. The van der Waals surface area contributed by atoms with Crippen molar-refractivity contribution < 1.29 is 97.3 Å². The number of nitrogens with zero attached hydrogens (tertiary/aromatic N) is 2. The van der Waals surface area contributed by atoms with Crippen molar-refractivity contribution in [2.45, 2.75) is 13.3 Å². The van der Waals surface area contributed by atoms with E-state index in [1.807, 2.05) is 0 Å². The van der Waals surface area contributed by atoms with E-state index in [4.69, 9.17) is 4.74 Å². The van der Waals surface area contributed by atoms with Crippen LogP contribution in [0, 0.1) is 116 Å². The molecule has 0 saturated carbocycles. The standard InChI is InChI=1S/C48H16F20N4O2/c1-2-74-19(73)10-11-9-18-22(26-32(53)40(61)46(67)41(62)33(26)54)16-6-5-14(70-16)20(24-28(49)36(57)44(65)37(58)29(24)50)12-3-4-13(69-12)21(25-30(51)38(59)45(66)39(60)31(25)52)15-7-8-17(71-15)23(48(11)72-18)27-34(55)42(63)47(68)43(64)35(27)56/h3-9,70-71H,2,10H2,1H3. The molecular weight excluding hydrogens is 1040 g/mol. The molecule has 0 saturated heterocycles. The SMILES string of the molecule is CCOC(=O)CC1=Cc2nc1c(-c1c(F)c(F)c(F)c(F)c1F)c1ccc([nH]1)c(-c1c(F)c(F)c(F)c(F)c1F)c1nc(c(-c3c(F)c(F)c(F)c(F)c3F)c3ccc([nH]3)c2-c2c(F)c(F)c(F)c(F)c2F)C=C1. The number of halogens is 20. The molecule has 0 fully saturated rings. The van der Waals surface area contributed by atoms with Crippen molar-refractivity contribution in [2.75, 3.05) is 6.61 Å². The number of esters is 1. The summed E-state index contributed by atoms with van der Waals surface area (Å²) in [5.41, 5.74) is -22.8. The summed E-state index contributed by atoms with van der Waals surface area (Å²) in [5.74, 6) is -55.1. The number of benzene rings is 4. The van der Waals surface area contributed by atoms with Gasteiger partial charge in [-0.2, -0.15) is 0 Å². The molecule has 0 amide bonds. The van der Waals surface area contributed by atoms with Gasteiger partial charge < -0.3 is 14.7 Å². The van der Waals surface area contributed by atoms with Crippen molar-refractivity contribution in [1.29, 1.82) is 0 Å². The summed E-state index contributed by atoms with van der Waals surface area (Å²) >= 11 is 0. The van der Waals surface area contributed by atoms with E-state index in [0.29, 0.717) is 42.5 Å². The van der Waals surface area contributed by atoms with Crippen LogP contribution < -0.4 is 0 Å². The Morgan fingerprint density at radius 2 is 0.649 bits per heavy atom. The van der Waals surface area contributed by atoms with Gasteiger partial charge in [-0.15, -0.1) is 0 Å². The average Bonchev–Trinajstić information content (AvgIpc) is 4.23. The molecule has 0 unspecified atom stereocenters. The molecule has 4 aromatic carbocycles. The largest absolute Gasteiger partial charge is 0.466 e. The molecule has 9 rings (SSSR count). The van der Waals surface area contributed by atoms with Crippen LogP contribution in [0.2, 0.25) is 0 Å². The molecule has 5 heterocycles. The van der Waals surface area contributed by atoms with Crippen molar-refractivity contribution in [3.8, 4) is 44.5 Å². The van der Waals surface area contributed by atoms with Gasteiger partial charge in [0.1, 0.15) is 0 Å². The van der Waals surface area contributed by atoms with Gasteiger partial charge in [0.15, 0.2) is 93.1 Å². The molecule has 0 spiro atoms. The minimum Gasteiger partial charge on any atom is -0.466 e. The zero-order chi connectivity index (χ0) is 53.8. The van der Waals surface area contributed by atoms with E-state index in [-0.39, 0.29) is 0 Å². The molecule has 7 aromatic rings. The van der Waals surface area contributed by atoms with Crippen LogP contribution in [0.1, 0.15) is 36.1 Å². The Labute approximate surface area is 396 Å². The average molecular weight is 1060 g/mol. The monoisotopic (exact) mass is 1060 g/mol. The van der Waals surface area contributed by atoms with Crippen LogP contribution in [0.5, 0.6) is 0 Å². The highest BCUT2D eigenvalue weighted by Gasteiger charge is 2.36. The van der Waals surface area contributed by atoms with E-state index >= 15 is 70.2 Å². The van der Waals surface area contributed by atoms with Crippen LogP contribution in [-0.4, -0.2) is 32.5 Å². The van der Waals surface area contributed by atoms with Gasteiger partial charge in [-0.25, -0.2) is 97.8 Å². The molecule has 0 atom stereocenters. The molecule has 26 heteroatoms. The van der Waals surface area contributed by atoms with E-state index < -0.39 is 230 Å². The highest BCUT2D eigenvalue weighted by Crippen LogP contribution is 2.46. The molecular formula is C48H16F20N4O2. The first-order valence-electron chi connectivity index (χ1n) is 20.3. The molecule has 8 bridgehead atoms. The quantitative estimate of drug-likeness (QED) is 0.0721. The molecule has 0 aliphatic carbocycles. The summed E-state index contributed by atoms with van der Waals surface area (Å²) in [5, 5.41) is 0. The Hall–Kier alpha value is -8.45. The molecule has 2 N–H and O–H groups in total. The van der Waals surface area contributed by atoms with E-state index in [1.165, 1.54) is 6.92 Å². The lowest BCUT2D eigenvalue weighted by Crippen LogP contribution is -2.07. The number of aromatic amines is 2. The second-order valence-electron chi connectivity index (χ2n) is 15.6.